The number of nitrogens with one attached hydrogen (secondary N) is 1. The van der Waals surface area contributed by atoms with Gasteiger partial charge in [0, 0.05) is 28.3 Å². The second-order valence-electron chi connectivity index (χ2n) is 4.95. The lowest BCUT2D eigenvalue weighted by atomic mass is 9.96. The Bertz CT molecular complexity index is 621. The first-order valence-corrected chi connectivity index (χ1v) is 7.24. The molecule has 0 bridgehead atoms. The summed E-state index contributed by atoms with van der Waals surface area (Å²) in [5, 5.41) is 5.67. The monoisotopic (exact) mass is 296 g/mol. The van der Waals surface area contributed by atoms with Crippen molar-refractivity contribution in [2.75, 3.05) is 11.9 Å². The lowest BCUT2D eigenvalue weighted by molar-refractivity contribution is 0.848. The number of aryl methyl sites for hydroxylation is 1. The third-order valence-electron chi connectivity index (χ3n) is 3.17. The van der Waals surface area contributed by atoms with Gasteiger partial charge < -0.3 is 5.32 Å². The second kappa shape index (κ2) is 5.56. The van der Waals surface area contributed by atoms with Crippen LogP contribution >= 0.6 is 23.2 Å². The van der Waals surface area contributed by atoms with Gasteiger partial charge in [0.25, 0.3) is 0 Å². The van der Waals surface area contributed by atoms with Gasteiger partial charge in [0.05, 0.1) is 10.5 Å². The lowest BCUT2D eigenvalue weighted by Crippen LogP contribution is -2.07. The SMILES string of the molecule is CCNc1c(C(C)C)c(C)nc2c(Cl)cc(Cl)cc12. The van der Waals surface area contributed by atoms with Crippen molar-refractivity contribution in [2.24, 2.45) is 0 Å². The number of hydrogen-bond acceptors (Lipinski definition) is 2. The Morgan fingerprint density at radius 3 is 2.53 bits per heavy atom. The Morgan fingerprint density at radius 2 is 1.95 bits per heavy atom. The minimum absolute atomic E-state index is 0.392. The quantitative estimate of drug-likeness (QED) is 0.819. The third-order valence-corrected chi connectivity index (χ3v) is 3.67. The van der Waals surface area contributed by atoms with E-state index in [-0.39, 0.29) is 0 Å². The molecule has 0 fully saturated rings. The average Bonchev–Trinajstić information content (AvgIpc) is 2.30. The molecule has 1 N–H and O–H groups in total. The first kappa shape index (κ1) is 14.4. The molecule has 0 aliphatic rings. The van der Waals surface area contributed by atoms with Crippen molar-refractivity contribution in [2.45, 2.75) is 33.6 Å². The van der Waals surface area contributed by atoms with Gasteiger partial charge in [-0.3, -0.25) is 4.98 Å². The molecule has 1 aromatic carbocycles. The van der Waals surface area contributed by atoms with E-state index in [9.17, 15) is 0 Å². The molecule has 1 aromatic heterocycles. The van der Waals surface area contributed by atoms with E-state index in [1.165, 1.54) is 5.56 Å². The smallest absolute Gasteiger partial charge is 0.0913 e. The highest BCUT2D eigenvalue weighted by Crippen LogP contribution is 2.37. The first-order chi connectivity index (χ1) is 8.95. The largest absolute Gasteiger partial charge is 0.384 e. The molecule has 102 valence electrons. The molecule has 0 atom stereocenters. The number of anilines is 1. The predicted octanol–water partition coefficient (Wildman–Crippen LogP) is 5.41. The van der Waals surface area contributed by atoms with E-state index < -0.39 is 0 Å². The maximum atomic E-state index is 6.26. The van der Waals surface area contributed by atoms with Gasteiger partial charge in [-0.1, -0.05) is 37.0 Å². The third kappa shape index (κ3) is 2.65. The minimum atomic E-state index is 0.392. The summed E-state index contributed by atoms with van der Waals surface area (Å²) in [6, 6.07) is 3.67. The molecule has 0 radical (unpaired) electrons. The zero-order valence-electron chi connectivity index (χ0n) is 11.6. The molecule has 2 aromatic rings. The number of pyridine rings is 1. The van der Waals surface area contributed by atoms with E-state index in [1.54, 1.807) is 6.07 Å². The van der Waals surface area contributed by atoms with Crippen molar-refractivity contribution >= 4 is 39.8 Å². The van der Waals surface area contributed by atoms with E-state index in [1.807, 2.05) is 13.0 Å². The van der Waals surface area contributed by atoms with Crippen molar-refractivity contribution < 1.29 is 0 Å². The van der Waals surface area contributed by atoms with Gasteiger partial charge in [0.15, 0.2) is 0 Å². The summed E-state index contributed by atoms with van der Waals surface area (Å²) in [5.41, 5.74) is 4.16. The molecular weight excluding hydrogens is 279 g/mol. The highest BCUT2D eigenvalue weighted by molar-refractivity contribution is 6.38. The minimum Gasteiger partial charge on any atom is -0.384 e. The highest BCUT2D eigenvalue weighted by Gasteiger charge is 2.17. The zero-order chi connectivity index (χ0) is 14.2. The van der Waals surface area contributed by atoms with E-state index in [0.29, 0.717) is 16.0 Å². The summed E-state index contributed by atoms with van der Waals surface area (Å²) in [4.78, 5) is 4.65. The molecular formula is C15H18Cl2N2. The van der Waals surface area contributed by atoms with E-state index in [2.05, 4.69) is 31.1 Å². The highest BCUT2D eigenvalue weighted by atomic mass is 35.5. The second-order valence-corrected chi connectivity index (χ2v) is 5.80. The summed E-state index contributed by atoms with van der Waals surface area (Å²) in [5.74, 6) is 0.392. The van der Waals surface area contributed by atoms with Crippen LogP contribution in [-0.4, -0.2) is 11.5 Å². The number of nitrogens with zero attached hydrogens (tertiary/aromatic N) is 1. The molecule has 2 rings (SSSR count). The Kier molecular flexibility index (Phi) is 4.22. The Morgan fingerprint density at radius 1 is 1.26 bits per heavy atom. The fourth-order valence-electron chi connectivity index (χ4n) is 2.50. The topological polar surface area (TPSA) is 24.9 Å². The van der Waals surface area contributed by atoms with Crippen LogP contribution in [0.15, 0.2) is 12.1 Å². The van der Waals surface area contributed by atoms with Crippen LogP contribution in [0.1, 0.15) is 37.9 Å². The van der Waals surface area contributed by atoms with Gasteiger partial charge in [-0.2, -0.15) is 0 Å². The molecule has 4 heteroatoms. The van der Waals surface area contributed by atoms with Gasteiger partial charge in [-0.15, -0.1) is 0 Å². The molecule has 2 nitrogen and oxygen atoms in total. The Hall–Kier alpha value is -0.990. The number of fused-ring (bicyclic) bond motifs is 1. The predicted molar refractivity (Wildman–Crippen MR) is 84.8 cm³/mol. The molecule has 19 heavy (non-hydrogen) atoms. The van der Waals surface area contributed by atoms with Crippen molar-refractivity contribution in [3.63, 3.8) is 0 Å². The molecule has 0 aliphatic carbocycles. The summed E-state index contributed by atoms with van der Waals surface area (Å²) in [6.07, 6.45) is 0. The zero-order valence-corrected chi connectivity index (χ0v) is 13.2. The van der Waals surface area contributed by atoms with Gasteiger partial charge in [-0.25, -0.2) is 0 Å². The number of hydrogen-bond donors (Lipinski definition) is 1. The Balaban J connectivity index is 2.89. The van der Waals surface area contributed by atoms with Crippen molar-refractivity contribution in [3.05, 3.63) is 33.4 Å². The van der Waals surface area contributed by atoms with Gasteiger partial charge in [-0.05, 0) is 37.5 Å². The lowest BCUT2D eigenvalue weighted by Gasteiger charge is -2.19. The van der Waals surface area contributed by atoms with Crippen LogP contribution in [-0.2, 0) is 0 Å². The van der Waals surface area contributed by atoms with Crippen molar-refractivity contribution in [1.82, 2.24) is 4.98 Å². The first-order valence-electron chi connectivity index (χ1n) is 6.48. The molecule has 0 saturated heterocycles. The van der Waals surface area contributed by atoms with E-state index >= 15 is 0 Å². The summed E-state index contributed by atoms with van der Waals surface area (Å²) < 4.78 is 0. The molecule has 0 saturated carbocycles. The van der Waals surface area contributed by atoms with Crippen LogP contribution in [0.3, 0.4) is 0 Å². The molecule has 0 unspecified atom stereocenters. The number of rotatable bonds is 3. The summed E-state index contributed by atoms with van der Waals surface area (Å²) >= 11 is 12.4. The van der Waals surface area contributed by atoms with Crippen LogP contribution in [0, 0.1) is 6.92 Å². The fraction of sp³-hybridized carbons (Fsp3) is 0.400. The number of aromatic nitrogens is 1. The summed E-state index contributed by atoms with van der Waals surface area (Å²) in [7, 11) is 0. The maximum absolute atomic E-state index is 6.26. The van der Waals surface area contributed by atoms with Gasteiger partial charge >= 0.3 is 0 Å². The number of benzene rings is 1. The molecule has 0 spiro atoms. The number of halogens is 2. The van der Waals surface area contributed by atoms with E-state index in [0.717, 1.165) is 28.8 Å². The van der Waals surface area contributed by atoms with Gasteiger partial charge in [0.1, 0.15) is 0 Å². The summed E-state index contributed by atoms with van der Waals surface area (Å²) in [6.45, 7) is 9.30. The van der Waals surface area contributed by atoms with Crippen molar-refractivity contribution in [3.8, 4) is 0 Å². The van der Waals surface area contributed by atoms with Crippen LogP contribution in [0.25, 0.3) is 10.9 Å². The van der Waals surface area contributed by atoms with Crippen molar-refractivity contribution in [1.29, 1.82) is 0 Å². The van der Waals surface area contributed by atoms with Gasteiger partial charge in [0.2, 0.25) is 0 Å². The molecule has 0 amide bonds. The molecule has 0 aliphatic heterocycles. The molecule has 1 heterocycles. The maximum Gasteiger partial charge on any atom is 0.0913 e. The van der Waals surface area contributed by atoms with Crippen LogP contribution in [0.4, 0.5) is 5.69 Å². The standard InChI is InChI=1S/C15H18Cl2N2/c1-5-18-15-11-6-10(16)7-12(17)14(11)19-9(4)13(15)8(2)3/h6-8H,5H2,1-4H3,(H,18,19). The normalized spacial score (nSPS) is 11.3. The van der Waals surface area contributed by atoms with E-state index in [4.69, 9.17) is 23.2 Å². The average molecular weight is 297 g/mol. The Labute approximate surface area is 124 Å². The van der Waals surface area contributed by atoms with Crippen LogP contribution in [0.5, 0.6) is 0 Å². The van der Waals surface area contributed by atoms with Crippen LogP contribution in [0.2, 0.25) is 10.0 Å². The van der Waals surface area contributed by atoms with Crippen LogP contribution < -0.4 is 5.32 Å². The fourth-order valence-corrected chi connectivity index (χ4v) is 3.03.